The standard InChI is InChI=1S/C25H34N4O8/c1-14-13-29(23(34)28-21(14)32)18-9-8-17(19(30)20(18)31)27-22(33)15-6-5-7-16(12-15)36-11-10-26-24(35)37-25(2,3)4/h5-7,12-13,17-20,30-31H,8-11H2,1-4H3,(H,26,35)(H,27,33)(H,28,32,34)/t17-,18-,19-,20+/m1/s1. The van der Waals surface area contributed by atoms with Crippen LogP contribution in [0.4, 0.5) is 4.79 Å². The monoisotopic (exact) mass is 518 g/mol. The van der Waals surface area contributed by atoms with Crippen molar-refractivity contribution >= 4 is 12.0 Å². The van der Waals surface area contributed by atoms with E-state index in [0.717, 1.165) is 0 Å². The molecule has 202 valence electrons. The van der Waals surface area contributed by atoms with E-state index >= 15 is 0 Å². The summed E-state index contributed by atoms with van der Waals surface area (Å²) in [5.74, 6) is -0.0557. The molecule has 5 N–H and O–H groups in total. The van der Waals surface area contributed by atoms with Crippen LogP contribution in [-0.4, -0.2) is 68.8 Å². The van der Waals surface area contributed by atoms with Gasteiger partial charge in [0.05, 0.1) is 18.6 Å². The summed E-state index contributed by atoms with van der Waals surface area (Å²) in [5.41, 5.74) is -1.20. The molecular formula is C25H34N4O8. The van der Waals surface area contributed by atoms with Crippen molar-refractivity contribution in [3.63, 3.8) is 0 Å². The van der Waals surface area contributed by atoms with Gasteiger partial charge in [0.25, 0.3) is 11.5 Å². The molecule has 0 saturated heterocycles. The molecule has 4 atom stereocenters. The molecule has 1 aromatic heterocycles. The highest BCUT2D eigenvalue weighted by molar-refractivity contribution is 5.94. The van der Waals surface area contributed by atoms with Gasteiger partial charge in [0.2, 0.25) is 0 Å². The number of benzene rings is 1. The summed E-state index contributed by atoms with van der Waals surface area (Å²) in [4.78, 5) is 50.6. The number of hydrogen-bond donors (Lipinski definition) is 5. The van der Waals surface area contributed by atoms with E-state index in [1.165, 1.54) is 16.8 Å². The van der Waals surface area contributed by atoms with Gasteiger partial charge in [-0.1, -0.05) is 6.07 Å². The zero-order valence-electron chi connectivity index (χ0n) is 21.3. The number of nitrogens with one attached hydrogen (secondary N) is 3. The summed E-state index contributed by atoms with van der Waals surface area (Å²) in [6.45, 7) is 7.19. The van der Waals surface area contributed by atoms with Gasteiger partial charge in [0, 0.05) is 17.3 Å². The maximum Gasteiger partial charge on any atom is 0.407 e. The normalized spacial score (nSPS) is 21.7. The highest BCUT2D eigenvalue weighted by Crippen LogP contribution is 2.29. The second kappa shape index (κ2) is 11.6. The Kier molecular flexibility index (Phi) is 8.77. The number of aromatic amines is 1. The van der Waals surface area contributed by atoms with Gasteiger partial charge in [-0.25, -0.2) is 9.59 Å². The number of carbonyl (C=O) groups excluding carboxylic acids is 2. The molecule has 1 aliphatic rings. The molecule has 0 bridgehead atoms. The molecule has 0 aliphatic heterocycles. The lowest BCUT2D eigenvalue weighted by molar-refractivity contribution is -0.0570. The Labute approximate surface area is 213 Å². The van der Waals surface area contributed by atoms with Gasteiger partial charge >= 0.3 is 11.8 Å². The van der Waals surface area contributed by atoms with Gasteiger partial charge in [-0.3, -0.25) is 19.1 Å². The third-order valence-corrected chi connectivity index (χ3v) is 5.88. The SMILES string of the molecule is Cc1cn([C@@H]2CC[C@@H](NC(=O)c3cccc(OCCNC(=O)OC(C)(C)C)c3)[C@@H](O)[C@H]2O)c(=O)[nH]c1=O. The summed E-state index contributed by atoms with van der Waals surface area (Å²) in [6, 6.07) is 4.91. The van der Waals surface area contributed by atoms with Crippen molar-refractivity contribution in [2.75, 3.05) is 13.2 Å². The van der Waals surface area contributed by atoms with Gasteiger partial charge in [-0.15, -0.1) is 0 Å². The number of rotatable bonds is 7. The Bertz CT molecular complexity index is 1230. The predicted octanol–water partition coefficient (Wildman–Crippen LogP) is 0.604. The fourth-order valence-electron chi connectivity index (χ4n) is 4.07. The summed E-state index contributed by atoms with van der Waals surface area (Å²) in [7, 11) is 0. The third kappa shape index (κ3) is 7.43. The first-order chi connectivity index (χ1) is 17.4. The van der Waals surface area contributed by atoms with Crippen molar-refractivity contribution in [3.8, 4) is 5.75 Å². The second-order valence-electron chi connectivity index (χ2n) is 9.99. The molecule has 1 aromatic carbocycles. The molecule has 12 heteroatoms. The Morgan fingerprint density at radius 2 is 1.89 bits per heavy atom. The number of aliphatic hydroxyl groups excluding tert-OH is 2. The molecule has 0 unspecified atom stereocenters. The number of aliphatic hydroxyl groups is 2. The zero-order valence-corrected chi connectivity index (χ0v) is 21.3. The highest BCUT2D eigenvalue weighted by atomic mass is 16.6. The summed E-state index contributed by atoms with van der Waals surface area (Å²) >= 11 is 0. The molecule has 1 aliphatic carbocycles. The predicted molar refractivity (Wildman–Crippen MR) is 134 cm³/mol. The lowest BCUT2D eigenvalue weighted by Crippen LogP contribution is -2.55. The molecular weight excluding hydrogens is 484 g/mol. The molecule has 1 heterocycles. The van der Waals surface area contributed by atoms with Crippen molar-refractivity contribution in [1.82, 2.24) is 20.2 Å². The molecule has 37 heavy (non-hydrogen) atoms. The number of carbonyl (C=O) groups is 2. The topological polar surface area (TPSA) is 172 Å². The highest BCUT2D eigenvalue weighted by Gasteiger charge is 2.39. The van der Waals surface area contributed by atoms with Crippen LogP contribution in [0.2, 0.25) is 0 Å². The minimum absolute atomic E-state index is 0.156. The van der Waals surface area contributed by atoms with Crippen molar-refractivity contribution in [1.29, 1.82) is 0 Å². The number of aryl methyl sites for hydroxylation is 1. The molecule has 12 nitrogen and oxygen atoms in total. The second-order valence-corrected chi connectivity index (χ2v) is 9.99. The van der Waals surface area contributed by atoms with Gasteiger partial charge in [-0.2, -0.15) is 0 Å². The fourth-order valence-corrected chi connectivity index (χ4v) is 4.07. The minimum atomic E-state index is -1.34. The number of alkyl carbamates (subject to hydrolysis) is 1. The van der Waals surface area contributed by atoms with Crippen LogP contribution in [0.1, 0.15) is 55.6 Å². The molecule has 2 aromatic rings. The van der Waals surface area contributed by atoms with Crippen LogP contribution >= 0.6 is 0 Å². The maximum atomic E-state index is 12.8. The Hall–Kier alpha value is -3.64. The minimum Gasteiger partial charge on any atom is -0.492 e. The lowest BCUT2D eigenvalue weighted by atomic mass is 9.85. The Morgan fingerprint density at radius 1 is 1.16 bits per heavy atom. The van der Waals surface area contributed by atoms with E-state index in [9.17, 15) is 29.4 Å². The average Bonchev–Trinajstić information content (AvgIpc) is 2.81. The molecule has 2 amide bonds. The van der Waals surface area contributed by atoms with E-state index in [-0.39, 0.29) is 18.7 Å². The van der Waals surface area contributed by atoms with Crippen molar-refractivity contribution in [2.24, 2.45) is 0 Å². The van der Waals surface area contributed by atoms with Gasteiger partial charge < -0.3 is 30.3 Å². The van der Waals surface area contributed by atoms with Crippen molar-refractivity contribution in [2.45, 2.75) is 70.4 Å². The van der Waals surface area contributed by atoms with E-state index in [2.05, 4.69) is 15.6 Å². The molecule has 3 rings (SSSR count). The third-order valence-electron chi connectivity index (χ3n) is 5.88. The van der Waals surface area contributed by atoms with E-state index in [4.69, 9.17) is 9.47 Å². The van der Waals surface area contributed by atoms with Crippen LogP contribution in [0.15, 0.2) is 40.1 Å². The summed E-state index contributed by atoms with van der Waals surface area (Å²) in [6.07, 6.45) is -1.28. The first-order valence-electron chi connectivity index (χ1n) is 12.0. The number of hydrogen-bond acceptors (Lipinski definition) is 8. The van der Waals surface area contributed by atoms with Crippen LogP contribution in [0.25, 0.3) is 0 Å². The average molecular weight is 519 g/mol. The maximum absolute atomic E-state index is 12.8. The van der Waals surface area contributed by atoms with Crippen LogP contribution in [0.3, 0.4) is 0 Å². The quantitative estimate of drug-likeness (QED) is 0.332. The fraction of sp³-hybridized carbons (Fsp3) is 0.520. The van der Waals surface area contributed by atoms with Gasteiger partial charge in [-0.05, 0) is 58.7 Å². The van der Waals surface area contributed by atoms with Crippen LogP contribution < -0.4 is 26.6 Å². The van der Waals surface area contributed by atoms with Crippen molar-refractivity contribution in [3.05, 3.63) is 62.4 Å². The van der Waals surface area contributed by atoms with Gasteiger partial charge in [0.1, 0.15) is 30.2 Å². The summed E-state index contributed by atoms with van der Waals surface area (Å²) in [5, 5.41) is 26.7. The lowest BCUT2D eigenvalue weighted by Gasteiger charge is -2.38. The van der Waals surface area contributed by atoms with Gasteiger partial charge in [0.15, 0.2) is 0 Å². The molecule has 0 spiro atoms. The van der Waals surface area contributed by atoms with E-state index in [1.54, 1.807) is 45.9 Å². The van der Waals surface area contributed by atoms with Crippen LogP contribution in [0.5, 0.6) is 5.75 Å². The molecule has 0 radical (unpaired) electrons. The molecule has 1 fully saturated rings. The van der Waals surface area contributed by atoms with Crippen molar-refractivity contribution < 1.29 is 29.3 Å². The first-order valence-corrected chi connectivity index (χ1v) is 12.0. The first kappa shape index (κ1) is 27.9. The largest absolute Gasteiger partial charge is 0.492 e. The van der Waals surface area contributed by atoms with E-state index < -0.39 is 53.1 Å². The Morgan fingerprint density at radius 3 is 2.59 bits per heavy atom. The number of ether oxygens (including phenoxy) is 2. The number of H-pyrrole nitrogens is 1. The zero-order chi connectivity index (χ0) is 27.3. The molecule has 1 saturated carbocycles. The Balaban J connectivity index is 1.55. The number of aromatic nitrogens is 2. The van der Waals surface area contributed by atoms with Crippen LogP contribution in [-0.2, 0) is 4.74 Å². The smallest absolute Gasteiger partial charge is 0.407 e. The number of nitrogens with zero attached hydrogens (tertiary/aromatic N) is 1. The van der Waals surface area contributed by atoms with Crippen LogP contribution in [0, 0.1) is 6.92 Å². The van der Waals surface area contributed by atoms with E-state index in [1.807, 2.05) is 0 Å². The van der Waals surface area contributed by atoms with E-state index in [0.29, 0.717) is 24.2 Å². The number of amides is 2. The summed E-state index contributed by atoms with van der Waals surface area (Å²) < 4.78 is 12.0.